The van der Waals surface area contributed by atoms with Crippen molar-refractivity contribution in [3.05, 3.63) is 40.7 Å². The van der Waals surface area contributed by atoms with E-state index in [0.29, 0.717) is 30.6 Å². The van der Waals surface area contributed by atoms with E-state index in [1.165, 1.54) is 11.8 Å². The smallest absolute Gasteiger partial charge is 0.276 e. The number of hydrogen-bond donors (Lipinski definition) is 0. The molecule has 158 valence electrons. The minimum atomic E-state index is -2.89. The van der Waals surface area contributed by atoms with Crippen molar-refractivity contribution in [2.45, 2.75) is 30.7 Å². The van der Waals surface area contributed by atoms with Gasteiger partial charge < -0.3 is 9.15 Å². The standard InChI is InChI=1S/C19H24ClN3O4S2/c20-17-4-2-1-3-15(17)10-23-6-7-26-16(11-23)12-28-19-22-21-18(27-19)9-14-5-8-29(24,25)13-14/h1-4,14,16H,5-13H2/t14-,16+/m1/s1. The first-order valence-electron chi connectivity index (χ1n) is 9.70. The van der Waals surface area contributed by atoms with E-state index in [1.807, 2.05) is 18.2 Å². The fourth-order valence-corrected chi connectivity index (χ4v) is 6.56. The summed E-state index contributed by atoms with van der Waals surface area (Å²) < 4.78 is 34.7. The topological polar surface area (TPSA) is 85.5 Å². The quantitative estimate of drug-likeness (QED) is 0.586. The third-order valence-corrected chi connectivity index (χ3v) is 8.36. The number of hydrogen-bond acceptors (Lipinski definition) is 8. The normalized spacial score (nSPS) is 24.7. The van der Waals surface area contributed by atoms with Crippen molar-refractivity contribution in [2.75, 3.05) is 37.0 Å². The molecule has 2 saturated heterocycles. The Morgan fingerprint density at radius 3 is 2.93 bits per heavy atom. The summed E-state index contributed by atoms with van der Waals surface area (Å²) in [5.74, 6) is 1.79. The maximum absolute atomic E-state index is 11.6. The van der Waals surface area contributed by atoms with Gasteiger partial charge in [-0.2, -0.15) is 0 Å². The number of ether oxygens (including phenoxy) is 1. The molecule has 0 spiro atoms. The molecule has 7 nitrogen and oxygen atoms in total. The molecule has 3 heterocycles. The molecule has 1 aromatic carbocycles. The lowest BCUT2D eigenvalue weighted by atomic mass is 10.1. The monoisotopic (exact) mass is 457 g/mol. The Balaban J connectivity index is 1.25. The number of halogens is 1. The van der Waals surface area contributed by atoms with E-state index < -0.39 is 9.84 Å². The summed E-state index contributed by atoms with van der Waals surface area (Å²) in [6.07, 6.45) is 1.27. The van der Waals surface area contributed by atoms with Crippen molar-refractivity contribution in [1.29, 1.82) is 0 Å². The molecular formula is C19H24ClN3O4S2. The third-order valence-electron chi connectivity index (χ3n) is 5.21. The molecule has 29 heavy (non-hydrogen) atoms. The fraction of sp³-hybridized carbons (Fsp3) is 0.579. The second-order valence-electron chi connectivity index (χ2n) is 7.57. The van der Waals surface area contributed by atoms with Crippen LogP contribution in [0.4, 0.5) is 0 Å². The van der Waals surface area contributed by atoms with Gasteiger partial charge in [0.25, 0.3) is 5.22 Å². The molecule has 0 amide bonds. The second-order valence-corrected chi connectivity index (χ2v) is 11.2. The molecule has 0 saturated carbocycles. The first kappa shape index (κ1) is 21.1. The van der Waals surface area contributed by atoms with Gasteiger partial charge in [0, 0.05) is 36.8 Å². The zero-order valence-electron chi connectivity index (χ0n) is 16.0. The van der Waals surface area contributed by atoms with Gasteiger partial charge in [0.05, 0.1) is 24.2 Å². The van der Waals surface area contributed by atoms with Crippen LogP contribution in [0.1, 0.15) is 17.9 Å². The highest BCUT2D eigenvalue weighted by atomic mass is 35.5. The molecule has 10 heteroatoms. The van der Waals surface area contributed by atoms with Crippen LogP contribution in [0.5, 0.6) is 0 Å². The van der Waals surface area contributed by atoms with Crippen molar-refractivity contribution in [2.24, 2.45) is 5.92 Å². The predicted octanol–water partition coefficient (Wildman–Crippen LogP) is 2.69. The zero-order chi connectivity index (χ0) is 20.3. The van der Waals surface area contributed by atoms with Crippen LogP contribution in [0.3, 0.4) is 0 Å². The van der Waals surface area contributed by atoms with Crippen molar-refractivity contribution in [3.63, 3.8) is 0 Å². The van der Waals surface area contributed by atoms with Crippen molar-refractivity contribution < 1.29 is 17.6 Å². The van der Waals surface area contributed by atoms with Gasteiger partial charge in [0.2, 0.25) is 5.89 Å². The second kappa shape index (κ2) is 9.34. The summed E-state index contributed by atoms with van der Waals surface area (Å²) in [5, 5.41) is 9.46. The van der Waals surface area contributed by atoms with Crippen LogP contribution in [0.15, 0.2) is 33.9 Å². The molecule has 0 N–H and O–H groups in total. The molecule has 1 aromatic heterocycles. The van der Waals surface area contributed by atoms with Crippen molar-refractivity contribution in [1.82, 2.24) is 15.1 Å². The summed E-state index contributed by atoms with van der Waals surface area (Å²) in [7, 11) is -2.89. The number of benzene rings is 1. The minimum absolute atomic E-state index is 0.0755. The average molecular weight is 458 g/mol. The van der Waals surface area contributed by atoms with E-state index in [0.717, 1.165) is 36.0 Å². The van der Waals surface area contributed by atoms with Gasteiger partial charge in [-0.3, -0.25) is 4.90 Å². The maximum Gasteiger partial charge on any atom is 0.276 e. The van der Waals surface area contributed by atoms with Crippen molar-refractivity contribution in [3.8, 4) is 0 Å². The summed E-state index contributed by atoms with van der Waals surface area (Å²) in [6.45, 7) is 3.18. The molecule has 0 unspecified atom stereocenters. The molecule has 0 radical (unpaired) electrons. The van der Waals surface area contributed by atoms with Gasteiger partial charge in [-0.25, -0.2) is 8.42 Å². The van der Waals surface area contributed by atoms with E-state index in [2.05, 4.69) is 21.2 Å². The Labute approximate surface area is 180 Å². The van der Waals surface area contributed by atoms with Gasteiger partial charge in [-0.1, -0.05) is 41.6 Å². The maximum atomic E-state index is 11.6. The number of nitrogens with zero attached hydrogens (tertiary/aromatic N) is 3. The van der Waals surface area contributed by atoms with Gasteiger partial charge in [-0.05, 0) is 24.0 Å². The van der Waals surface area contributed by atoms with Crippen LogP contribution < -0.4 is 0 Å². The number of aromatic nitrogens is 2. The van der Waals surface area contributed by atoms with Crippen LogP contribution in [0.2, 0.25) is 5.02 Å². The molecule has 2 aliphatic heterocycles. The number of thioether (sulfide) groups is 1. The van der Waals surface area contributed by atoms with E-state index in [9.17, 15) is 8.42 Å². The Bertz CT molecular complexity index is 937. The summed E-state index contributed by atoms with van der Waals surface area (Å²) in [5.41, 5.74) is 1.12. The first-order valence-corrected chi connectivity index (χ1v) is 12.9. The number of sulfone groups is 1. The molecule has 2 aliphatic rings. The summed E-state index contributed by atoms with van der Waals surface area (Å²) in [4.78, 5) is 2.34. The highest BCUT2D eigenvalue weighted by Crippen LogP contribution is 2.25. The van der Waals surface area contributed by atoms with Gasteiger partial charge in [0.1, 0.15) is 0 Å². The van der Waals surface area contributed by atoms with Crippen molar-refractivity contribution >= 4 is 33.2 Å². The SMILES string of the molecule is O=S1(=O)CC[C@H](Cc2nnc(SC[C@@H]3CN(Cc4ccccc4Cl)CCO3)o2)C1. The average Bonchev–Trinajstić information content (AvgIpc) is 3.28. The fourth-order valence-electron chi connectivity index (χ4n) is 3.72. The van der Waals surface area contributed by atoms with Crippen LogP contribution in [-0.4, -0.2) is 66.6 Å². The summed E-state index contributed by atoms with van der Waals surface area (Å²) in [6, 6.07) is 7.91. The van der Waals surface area contributed by atoms with Gasteiger partial charge in [0.15, 0.2) is 9.84 Å². The van der Waals surface area contributed by atoms with Crippen LogP contribution in [0, 0.1) is 5.92 Å². The van der Waals surface area contributed by atoms with Gasteiger partial charge in [-0.15, -0.1) is 10.2 Å². The lowest BCUT2D eigenvalue weighted by Gasteiger charge is -2.32. The predicted molar refractivity (Wildman–Crippen MR) is 112 cm³/mol. The van der Waals surface area contributed by atoms with E-state index in [1.54, 1.807) is 0 Å². The molecule has 2 fully saturated rings. The lowest BCUT2D eigenvalue weighted by molar-refractivity contribution is -0.0187. The van der Waals surface area contributed by atoms with E-state index >= 15 is 0 Å². The van der Waals surface area contributed by atoms with Crippen LogP contribution in [0.25, 0.3) is 0 Å². The zero-order valence-corrected chi connectivity index (χ0v) is 18.4. The molecule has 2 atom stereocenters. The van der Waals surface area contributed by atoms with Crippen LogP contribution in [-0.2, 0) is 27.5 Å². The van der Waals surface area contributed by atoms with E-state index in [-0.39, 0.29) is 23.5 Å². The number of morpholine rings is 1. The Kier molecular flexibility index (Phi) is 6.80. The molecule has 4 rings (SSSR count). The Hall–Kier alpha value is -1.13. The summed E-state index contributed by atoms with van der Waals surface area (Å²) >= 11 is 7.76. The third kappa shape index (κ3) is 5.95. The Morgan fingerprint density at radius 2 is 2.14 bits per heavy atom. The minimum Gasteiger partial charge on any atom is -0.416 e. The van der Waals surface area contributed by atoms with E-state index in [4.69, 9.17) is 20.8 Å². The molecular weight excluding hydrogens is 434 g/mol. The number of rotatable bonds is 7. The lowest BCUT2D eigenvalue weighted by Crippen LogP contribution is -2.43. The highest BCUT2D eigenvalue weighted by molar-refractivity contribution is 7.99. The molecule has 2 aromatic rings. The Morgan fingerprint density at radius 1 is 1.28 bits per heavy atom. The highest BCUT2D eigenvalue weighted by Gasteiger charge is 2.29. The first-order chi connectivity index (χ1) is 14.0. The molecule has 0 aliphatic carbocycles. The largest absolute Gasteiger partial charge is 0.416 e. The van der Waals surface area contributed by atoms with Crippen LogP contribution >= 0.6 is 23.4 Å². The van der Waals surface area contributed by atoms with Gasteiger partial charge >= 0.3 is 0 Å². The molecule has 0 bridgehead atoms.